The van der Waals surface area contributed by atoms with Crippen molar-refractivity contribution in [3.05, 3.63) is 41.5 Å². The highest BCUT2D eigenvalue weighted by atomic mass is 16.5. The minimum absolute atomic E-state index is 0.104. The number of carbonyl (C=O) groups is 2. The van der Waals surface area contributed by atoms with Crippen LogP contribution in [-0.2, 0) is 4.79 Å². The van der Waals surface area contributed by atoms with Gasteiger partial charge < -0.3 is 15.0 Å². The molecule has 0 aromatic heterocycles. The highest BCUT2D eigenvalue weighted by Gasteiger charge is 2.33. The number of hydrogen-bond acceptors (Lipinski definition) is 3. The van der Waals surface area contributed by atoms with Crippen LogP contribution in [0.5, 0.6) is 5.75 Å². The van der Waals surface area contributed by atoms with Gasteiger partial charge in [-0.05, 0) is 62.0 Å². The van der Waals surface area contributed by atoms with Crippen LogP contribution >= 0.6 is 0 Å². The first-order chi connectivity index (χ1) is 14.4. The van der Waals surface area contributed by atoms with Gasteiger partial charge in [-0.2, -0.15) is 0 Å². The van der Waals surface area contributed by atoms with Crippen LogP contribution in [0.4, 0.5) is 0 Å². The Hall–Kier alpha value is -2.30. The number of rotatable bonds is 7. The van der Waals surface area contributed by atoms with Gasteiger partial charge in [-0.3, -0.25) is 9.59 Å². The van der Waals surface area contributed by atoms with Crippen molar-refractivity contribution < 1.29 is 14.3 Å². The first-order valence-electron chi connectivity index (χ1n) is 11.3. The third kappa shape index (κ3) is 5.24. The molecule has 5 nitrogen and oxygen atoms in total. The molecule has 0 bridgehead atoms. The molecule has 1 heterocycles. The van der Waals surface area contributed by atoms with Gasteiger partial charge in [-0.15, -0.1) is 0 Å². The van der Waals surface area contributed by atoms with Crippen molar-refractivity contribution in [2.45, 2.75) is 46.5 Å². The lowest BCUT2D eigenvalue weighted by molar-refractivity contribution is -0.131. The molecule has 1 aromatic rings. The zero-order chi connectivity index (χ0) is 21.7. The summed E-state index contributed by atoms with van der Waals surface area (Å²) in [4.78, 5) is 27.4. The Labute approximate surface area is 180 Å². The third-order valence-corrected chi connectivity index (χ3v) is 6.81. The molecular weight excluding hydrogens is 376 g/mol. The van der Waals surface area contributed by atoms with Crippen LogP contribution in [0.2, 0.25) is 0 Å². The molecule has 0 spiro atoms. The predicted octanol–water partition coefficient (Wildman–Crippen LogP) is 4.29. The Morgan fingerprint density at radius 1 is 1.20 bits per heavy atom. The quantitative estimate of drug-likeness (QED) is 0.680. The number of likely N-dealkylation sites (tertiary alicyclic amines) is 1. The van der Waals surface area contributed by atoms with Crippen LogP contribution in [0.15, 0.2) is 35.9 Å². The smallest absolute Gasteiger partial charge is 0.255 e. The fourth-order valence-electron chi connectivity index (χ4n) is 4.95. The molecule has 3 atom stereocenters. The maximum atomic E-state index is 12.7. The number of ether oxygens (including phenoxy) is 1. The monoisotopic (exact) mass is 412 g/mol. The second-order valence-electron chi connectivity index (χ2n) is 9.12. The van der Waals surface area contributed by atoms with Crippen LogP contribution in [-0.4, -0.2) is 43.5 Å². The predicted molar refractivity (Wildman–Crippen MR) is 119 cm³/mol. The van der Waals surface area contributed by atoms with Gasteiger partial charge in [0.15, 0.2) is 0 Å². The normalized spacial score (nSPS) is 24.0. The molecule has 164 valence electrons. The van der Waals surface area contributed by atoms with Crippen LogP contribution in [0, 0.1) is 23.7 Å². The number of methoxy groups -OCH3 is 1. The first-order valence-corrected chi connectivity index (χ1v) is 11.3. The number of nitrogens with one attached hydrogen (secondary N) is 1. The summed E-state index contributed by atoms with van der Waals surface area (Å²) in [6.45, 7) is 9.07. The molecular formula is C25H36N2O3. The van der Waals surface area contributed by atoms with E-state index in [1.165, 1.54) is 5.57 Å². The van der Waals surface area contributed by atoms with Crippen LogP contribution < -0.4 is 10.1 Å². The lowest BCUT2D eigenvalue weighted by atomic mass is 9.69. The average molecular weight is 413 g/mol. The molecule has 3 rings (SSSR count). The highest BCUT2D eigenvalue weighted by molar-refractivity contribution is 5.96. The summed E-state index contributed by atoms with van der Waals surface area (Å²) in [5, 5.41) is 3.11. The van der Waals surface area contributed by atoms with Gasteiger partial charge in [-0.25, -0.2) is 0 Å². The van der Waals surface area contributed by atoms with Crippen LogP contribution in [0.1, 0.15) is 56.8 Å². The SMILES string of the molecule is COc1ccccc1C(=O)NC[C@@H]1C=C(C)[C@H](CC(=O)N2CCCC2)C[C@H]1C(C)C. The van der Waals surface area contributed by atoms with Crippen molar-refractivity contribution in [1.29, 1.82) is 0 Å². The minimum atomic E-state index is -0.104. The first kappa shape index (κ1) is 22.4. The molecule has 2 aliphatic rings. The molecule has 1 aromatic carbocycles. The second-order valence-corrected chi connectivity index (χ2v) is 9.12. The standard InChI is InChI=1S/C25H36N2O3/c1-17(2)22-14-19(15-24(28)27-11-7-8-12-27)18(3)13-20(22)16-26-25(29)21-9-5-6-10-23(21)30-4/h5-6,9-10,13,17,19-20,22H,7-8,11-12,14-16H2,1-4H3,(H,26,29)/t19-,20-,22-/m0/s1. The van der Waals surface area contributed by atoms with E-state index in [1.54, 1.807) is 19.2 Å². The Balaban J connectivity index is 1.65. The Morgan fingerprint density at radius 3 is 2.57 bits per heavy atom. The zero-order valence-electron chi connectivity index (χ0n) is 18.8. The van der Waals surface area contributed by atoms with Crippen molar-refractivity contribution >= 4 is 11.8 Å². The summed E-state index contributed by atoms with van der Waals surface area (Å²) in [6, 6.07) is 7.30. The number of hydrogen-bond donors (Lipinski definition) is 1. The van der Waals surface area contributed by atoms with Gasteiger partial charge in [0, 0.05) is 26.1 Å². The van der Waals surface area contributed by atoms with E-state index in [9.17, 15) is 9.59 Å². The second kappa shape index (κ2) is 10.1. The minimum Gasteiger partial charge on any atom is -0.496 e. The molecule has 5 heteroatoms. The Kier molecular flexibility index (Phi) is 7.57. The molecule has 30 heavy (non-hydrogen) atoms. The molecule has 1 aliphatic carbocycles. The van der Waals surface area contributed by atoms with Crippen molar-refractivity contribution in [3.8, 4) is 5.75 Å². The molecule has 1 saturated heterocycles. The number of para-hydroxylation sites is 1. The lowest BCUT2D eigenvalue weighted by Crippen LogP contribution is -2.38. The van der Waals surface area contributed by atoms with Gasteiger partial charge in [0.1, 0.15) is 5.75 Å². The van der Waals surface area contributed by atoms with Gasteiger partial charge in [0.2, 0.25) is 5.91 Å². The van der Waals surface area contributed by atoms with E-state index in [2.05, 4.69) is 32.2 Å². The van der Waals surface area contributed by atoms with Gasteiger partial charge >= 0.3 is 0 Å². The van der Waals surface area contributed by atoms with Crippen molar-refractivity contribution in [2.24, 2.45) is 23.7 Å². The summed E-state index contributed by atoms with van der Waals surface area (Å²) < 4.78 is 5.32. The number of benzene rings is 1. The molecule has 0 unspecified atom stereocenters. The summed E-state index contributed by atoms with van der Waals surface area (Å²) in [5.41, 5.74) is 1.85. The maximum absolute atomic E-state index is 12.7. The van der Waals surface area contributed by atoms with Crippen molar-refractivity contribution in [2.75, 3.05) is 26.7 Å². The fourth-order valence-corrected chi connectivity index (χ4v) is 4.95. The van der Waals surface area contributed by atoms with Gasteiger partial charge in [-0.1, -0.05) is 37.6 Å². The molecule has 0 saturated carbocycles. The van der Waals surface area contributed by atoms with E-state index in [4.69, 9.17) is 4.74 Å². The summed E-state index contributed by atoms with van der Waals surface area (Å²) in [6.07, 6.45) is 6.20. The van der Waals surface area contributed by atoms with E-state index < -0.39 is 0 Å². The van der Waals surface area contributed by atoms with E-state index in [0.717, 1.165) is 32.4 Å². The van der Waals surface area contributed by atoms with Crippen molar-refractivity contribution in [3.63, 3.8) is 0 Å². The number of carbonyl (C=O) groups excluding carboxylic acids is 2. The fraction of sp³-hybridized carbons (Fsp3) is 0.600. The zero-order valence-corrected chi connectivity index (χ0v) is 18.8. The number of allylic oxidation sites excluding steroid dienone is 1. The third-order valence-electron chi connectivity index (χ3n) is 6.81. The Bertz CT molecular complexity index is 780. The topological polar surface area (TPSA) is 58.6 Å². The van der Waals surface area contributed by atoms with Crippen LogP contribution in [0.3, 0.4) is 0 Å². The van der Waals surface area contributed by atoms with Crippen molar-refractivity contribution in [1.82, 2.24) is 10.2 Å². The number of nitrogens with zero attached hydrogens (tertiary/aromatic N) is 1. The van der Waals surface area contributed by atoms with E-state index in [1.807, 2.05) is 17.0 Å². The molecule has 1 fully saturated rings. The summed E-state index contributed by atoms with van der Waals surface area (Å²) >= 11 is 0. The highest BCUT2D eigenvalue weighted by Crippen LogP contribution is 2.39. The average Bonchev–Trinajstić information content (AvgIpc) is 3.28. The summed E-state index contributed by atoms with van der Waals surface area (Å²) in [5.74, 6) is 2.32. The van der Waals surface area contributed by atoms with E-state index in [0.29, 0.717) is 47.9 Å². The molecule has 2 amide bonds. The van der Waals surface area contributed by atoms with Gasteiger partial charge in [0.05, 0.1) is 12.7 Å². The molecule has 1 aliphatic heterocycles. The van der Waals surface area contributed by atoms with Gasteiger partial charge in [0.25, 0.3) is 5.91 Å². The number of amides is 2. The Morgan fingerprint density at radius 2 is 1.90 bits per heavy atom. The van der Waals surface area contributed by atoms with E-state index >= 15 is 0 Å². The largest absolute Gasteiger partial charge is 0.496 e. The van der Waals surface area contributed by atoms with E-state index in [-0.39, 0.29) is 11.8 Å². The lowest BCUT2D eigenvalue weighted by Gasteiger charge is -2.37. The van der Waals surface area contributed by atoms with Crippen LogP contribution in [0.25, 0.3) is 0 Å². The molecule has 1 N–H and O–H groups in total. The maximum Gasteiger partial charge on any atom is 0.255 e. The molecule has 0 radical (unpaired) electrons. The summed E-state index contributed by atoms with van der Waals surface area (Å²) in [7, 11) is 1.58.